The number of anilines is 1. The summed E-state index contributed by atoms with van der Waals surface area (Å²) in [5, 5.41) is 21.7. The normalized spacial score (nSPS) is 16.2. The number of amides is 11. The molecule has 0 bridgehead atoms. The van der Waals surface area contributed by atoms with Crippen LogP contribution in [-0.4, -0.2) is 182 Å². The Morgan fingerprint density at radius 1 is 0.761 bits per heavy atom. The van der Waals surface area contributed by atoms with Crippen LogP contribution in [-0.2, 0) is 65.6 Å². The summed E-state index contributed by atoms with van der Waals surface area (Å²) in [6.45, 7) is 14.5. The van der Waals surface area contributed by atoms with Gasteiger partial charge in [0.25, 0.3) is 0 Å². The minimum atomic E-state index is -1.11. The van der Waals surface area contributed by atoms with Crippen LogP contribution >= 0.6 is 11.3 Å². The number of carbonyl (C=O) groups is 10. The number of hydrogen-bond donors (Lipinski definition) is 9. The zero-order valence-electron chi connectivity index (χ0n) is 55.6. The Kier molecular flexibility index (Phi) is 32.5. The maximum Gasteiger partial charge on any atom is 0.410 e. The fourth-order valence-electron chi connectivity index (χ4n) is 11.6. The smallest absolute Gasteiger partial charge is 0.410 e. The number of methoxy groups -OCH3 is 2. The van der Waals surface area contributed by atoms with E-state index in [9.17, 15) is 47.9 Å². The fraction of sp³-hybridized carbons (Fsp3) is 0.615. The summed E-state index contributed by atoms with van der Waals surface area (Å²) >= 11 is 1.47. The van der Waals surface area contributed by atoms with Crippen LogP contribution in [0, 0.1) is 23.7 Å². The van der Waals surface area contributed by atoms with Gasteiger partial charge in [-0.15, -0.1) is 11.3 Å². The van der Waals surface area contributed by atoms with Gasteiger partial charge in [0.05, 0.1) is 49.2 Å². The van der Waals surface area contributed by atoms with E-state index < -0.39 is 120 Å². The zero-order valence-corrected chi connectivity index (χ0v) is 56.4. The Morgan fingerprint density at radius 2 is 1.43 bits per heavy atom. The molecule has 3 aromatic rings. The van der Waals surface area contributed by atoms with Crippen molar-refractivity contribution in [3.05, 3.63) is 82.3 Å². The molecule has 2 heterocycles. The highest BCUT2D eigenvalue weighted by molar-refractivity contribution is 7.09. The second kappa shape index (κ2) is 38.9. The number of primary amides is 1. The lowest BCUT2D eigenvalue weighted by Crippen LogP contribution is -2.60. The Balaban J connectivity index is 1.39. The summed E-state index contributed by atoms with van der Waals surface area (Å²) < 4.78 is 17.9. The van der Waals surface area contributed by atoms with Crippen LogP contribution in [0.15, 0.2) is 66.2 Å². The topological polar surface area (TPSA) is 357 Å². The second-order valence-electron chi connectivity index (χ2n) is 24.3. The molecule has 1 aliphatic rings. The Morgan fingerprint density at radius 3 is 2.02 bits per heavy atom. The number of thiazole rings is 1. The summed E-state index contributed by atoms with van der Waals surface area (Å²) in [4.78, 5) is 143. The minimum absolute atomic E-state index is 0.0739. The molecule has 11 atom stereocenters. The third-order valence-corrected chi connectivity index (χ3v) is 17.6. The molecule has 11 N–H and O–H groups in total. The molecule has 1 fully saturated rings. The molecule has 1 saturated heterocycles. The quantitative estimate of drug-likeness (QED) is 0.0356. The molecule has 2 aromatic carbocycles. The van der Waals surface area contributed by atoms with Gasteiger partial charge in [0.15, 0.2) is 0 Å². The third-order valence-electron chi connectivity index (χ3n) is 16.7. The van der Waals surface area contributed by atoms with Crippen molar-refractivity contribution < 1.29 is 62.2 Å². The van der Waals surface area contributed by atoms with E-state index in [1.807, 2.05) is 70.3 Å². The molecule has 0 radical (unpaired) electrons. The van der Waals surface area contributed by atoms with E-state index in [1.165, 1.54) is 37.3 Å². The van der Waals surface area contributed by atoms with E-state index in [2.05, 4.69) is 42.2 Å². The average molecular weight is 1300 g/mol. The van der Waals surface area contributed by atoms with Gasteiger partial charge >= 0.3 is 12.1 Å². The predicted octanol–water partition coefficient (Wildman–Crippen LogP) is 4.52. The van der Waals surface area contributed by atoms with Crippen molar-refractivity contribution in [2.75, 3.05) is 59.8 Å². The number of nitrogens with two attached hydrogens (primary N) is 2. The number of likely N-dealkylation sites (tertiary alicyclic amines) is 1. The van der Waals surface area contributed by atoms with Crippen molar-refractivity contribution in [3.8, 4) is 0 Å². The maximum atomic E-state index is 14.8. The van der Waals surface area contributed by atoms with E-state index in [0.29, 0.717) is 69.3 Å². The van der Waals surface area contributed by atoms with Gasteiger partial charge in [0, 0.05) is 65.6 Å². The molecule has 510 valence electrons. The molecule has 0 aliphatic carbocycles. The van der Waals surface area contributed by atoms with Gasteiger partial charge in [-0.3, -0.25) is 43.3 Å². The largest absolute Gasteiger partial charge is 0.445 e. The first kappa shape index (κ1) is 76.7. The predicted molar refractivity (Wildman–Crippen MR) is 350 cm³/mol. The summed E-state index contributed by atoms with van der Waals surface area (Å²) in [5.41, 5.74) is 12.7. The van der Waals surface area contributed by atoms with Gasteiger partial charge in [0.1, 0.15) is 35.8 Å². The number of benzene rings is 2. The minimum Gasteiger partial charge on any atom is -0.445 e. The second-order valence-corrected chi connectivity index (χ2v) is 25.2. The summed E-state index contributed by atoms with van der Waals surface area (Å²) in [6.07, 6.45) is 3.76. The van der Waals surface area contributed by atoms with Gasteiger partial charge in [-0.2, -0.15) is 0 Å². The Bertz CT molecular complexity index is 2850. The molecule has 1 aromatic heterocycles. The average Bonchev–Trinajstić information content (AvgIpc) is 1.37. The number of ether oxygens (including phenoxy) is 3. The molecular weight excluding hydrogens is 1200 g/mol. The van der Waals surface area contributed by atoms with Crippen LogP contribution in [0.2, 0.25) is 0 Å². The Hall–Kier alpha value is -7.75. The van der Waals surface area contributed by atoms with Crippen LogP contribution in [0.25, 0.3) is 0 Å². The molecule has 0 spiro atoms. The summed E-state index contributed by atoms with van der Waals surface area (Å²) in [5.74, 6) is -5.37. The van der Waals surface area contributed by atoms with E-state index in [1.54, 1.807) is 68.3 Å². The van der Waals surface area contributed by atoms with Crippen LogP contribution in [0.1, 0.15) is 135 Å². The lowest BCUT2D eigenvalue weighted by atomic mass is 9.89. The monoisotopic (exact) mass is 1300 g/mol. The van der Waals surface area contributed by atoms with E-state index in [-0.39, 0.29) is 56.2 Å². The number of urea groups is 1. The number of nitrogens with zero attached hydrogens (tertiary/aromatic N) is 4. The molecule has 11 amide bonds. The van der Waals surface area contributed by atoms with Gasteiger partial charge in [-0.1, -0.05) is 97.4 Å². The van der Waals surface area contributed by atoms with Crippen LogP contribution in [0.4, 0.5) is 15.3 Å². The Labute approximate surface area is 545 Å². The van der Waals surface area contributed by atoms with Crippen molar-refractivity contribution in [2.24, 2.45) is 35.1 Å². The number of rotatable bonds is 38. The number of nitrogens with one attached hydrogen (secondary N) is 7. The van der Waals surface area contributed by atoms with Crippen molar-refractivity contribution >= 4 is 76.4 Å². The van der Waals surface area contributed by atoms with Gasteiger partial charge in [-0.25, -0.2) is 14.6 Å². The molecule has 4 rings (SSSR count). The molecule has 92 heavy (non-hydrogen) atoms. The van der Waals surface area contributed by atoms with Gasteiger partial charge < -0.3 is 72.7 Å². The fourth-order valence-corrected chi connectivity index (χ4v) is 12.3. The zero-order chi connectivity index (χ0) is 68.2. The van der Waals surface area contributed by atoms with Gasteiger partial charge in [0.2, 0.25) is 47.3 Å². The molecule has 1 aliphatic heterocycles. The number of unbranched alkanes of at least 4 members (excludes halogenated alkanes) is 1. The molecule has 26 nitrogen and oxygen atoms in total. The van der Waals surface area contributed by atoms with Crippen LogP contribution in [0.3, 0.4) is 0 Å². The first-order chi connectivity index (χ1) is 43.8. The first-order valence-corrected chi connectivity index (χ1v) is 32.7. The lowest BCUT2D eigenvalue weighted by molar-refractivity contribution is -0.148. The molecule has 27 heteroatoms. The number of hydrogen-bond acceptors (Lipinski definition) is 16. The van der Waals surface area contributed by atoms with E-state index in [4.69, 9.17) is 25.7 Å². The van der Waals surface area contributed by atoms with Crippen molar-refractivity contribution in [1.29, 1.82) is 0 Å². The maximum absolute atomic E-state index is 14.8. The van der Waals surface area contributed by atoms with Crippen LogP contribution in [0.5, 0.6) is 0 Å². The standard InChI is InChI=1S/C65H101N13O13S/c1-13-41(6)56(51(89-11)36-53(81)78-33-20-25-50(78)57(90-12)42(7)58(82)74-49(62-68-32-34-92-62)35-44-21-15-14-16-22-44)76(9)63(86)54(39(2)3)75-61(85)55(40(4)5)77(10)65(88)91-38-45-26-28-46(29-27-45)72-60(84)48(24-19-31-69-64(67)87)73-52(80)37-70-59(83)47(71-43(8)79)23-17-18-30-66/h14-16,21-22,26-29,32,34,39-42,47-51,54-57H,13,17-20,23-25,30-31,33,35-38,66H2,1-12H3,(H,70,83)(H,71,79)(H,72,84)(H,73,80)(H,74,82)(H,75,85)(H3,67,69,87)/t41-,42+,47-,48-,49-,50-,51+,54-,55-,56-,57+/m0/s1. The molecule has 0 saturated carbocycles. The first-order valence-electron chi connectivity index (χ1n) is 31.8. The molecular formula is C65H101N13O13S. The van der Waals surface area contributed by atoms with Crippen molar-refractivity contribution in [2.45, 2.75) is 181 Å². The summed E-state index contributed by atoms with van der Waals surface area (Å²) in [6, 6.07) is 9.94. The highest BCUT2D eigenvalue weighted by atomic mass is 32.1. The van der Waals surface area contributed by atoms with Gasteiger partial charge in [-0.05, 0) is 98.9 Å². The number of carbonyl (C=O) groups excluding carboxylic acids is 10. The highest BCUT2D eigenvalue weighted by Crippen LogP contribution is 2.31. The van der Waals surface area contributed by atoms with E-state index >= 15 is 0 Å². The lowest BCUT2D eigenvalue weighted by Gasteiger charge is -2.41. The SMILES string of the molecule is CC[C@H](C)[C@@H]([C@@H](CC(=O)N1CCC[C@H]1[C@H](OC)[C@@H](C)C(=O)N[C@@H](Cc1ccccc1)c1nccs1)OC)N(C)C(=O)[C@@H](NC(=O)[C@H](C(C)C)N(C)C(=O)OCc1ccc(NC(=O)[C@H](CCCNC(N)=O)NC(=O)CNC(=O)[C@H](CCCCN)NC(C)=O)cc1)C(C)C. The van der Waals surface area contributed by atoms with Crippen molar-refractivity contribution in [3.63, 3.8) is 0 Å². The third kappa shape index (κ3) is 23.7. The summed E-state index contributed by atoms with van der Waals surface area (Å²) in [7, 11) is 6.15. The van der Waals surface area contributed by atoms with E-state index in [0.717, 1.165) is 10.6 Å². The molecule has 0 unspecified atom stereocenters. The number of likely N-dealkylation sites (N-methyl/N-ethyl adjacent to an activating group) is 2. The van der Waals surface area contributed by atoms with Crippen LogP contribution < -0.4 is 48.7 Å². The van der Waals surface area contributed by atoms with Crippen molar-refractivity contribution in [1.82, 2.24) is 51.6 Å². The highest BCUT2D eigenvalue weighted by Gasteiger charge is 2.44. The number of aromatic nitrogens is 1.